The van der Waals surface area contributed by atoms with Gasteiger partial charge in [-0.1, -0.05) is 55.4 Å². The largest absolute Gasteiger partial charge is 0.414 e. The van der Waals surface area contributed by atoms with Crippen LogP contribution >= 0.6 is 0 Å². The van der Waals surface area contributed by atoms with Gasteiger partial charge in [0.2, 0.25) is 5.91 Å². The molecular formula is C22H39NO7Si2. The van der Waals surface area contributed by atoms with E-state index in [1.807, 2.05) is 0 Å². The number of carbonyl (C=O) groups excluding carboxylic acids is 2. The number of aliphatic hydroxyl groups excluding tert-OH is 1. The Morgan fingerprint density at radius 2 is 1.53 bits per heavy atom. The Labute approximate surface area is 193 Å². The molecule has 1 amide bonds. The summed E-state index contributed by atoms with van der Waals surface area (Å²) in [6.07, 6.45) is -0.709. The third-order valence-electron chi connectivity index (χ3n) is 6.95. The quantitative estimate of drug-likeness (QED) is 0.471. The van der Waals surface area contributed by atoms with Crippen LogP contribution in [0.3, 0.4) is 0 Å². The smallest absolute Gasteiger partial charge is 0.335 e. The summed E-state index contributed by atoms with van der Waals surface area (Å²) in [5, 5.41) is 11.2. The van der Waals surface area contributed by atoms with Gasteiger partial charge in [0.1, 0.15) is 18.3 Å². The molecule has 0 aliphatic carbocycles. The van der Waals surface area contributed by atoms with E-state index in [0.29, 0.717) is 0 Å². The van der Waals surface area contributed by atoms with Crippen LogP contribution in [0.4, 0.5) is 0 Å². The molecule has 0 radical (unpaired) electrons. The van der Waals surface area contributed by atoms with Crippen molar-refractivity contribution in [2.45, 2.75) is 109 Å². The van der Waals surface area contributed by atoms with Gasteiger partial charge in [0.25, 0.3) is 0 Å². The number of nitrogens with zero attached hydrogens (tertiary/aromatic N) is 1. The van der Waals surface area contributed by atoms with Crippen molar-refractivity contribution < 1.29 is 32.4 Å². The molecule has 0 spiro atoms. The number of allylic oxidation sites excluding steroid dienone is 1. The van der Waals surface area contributed by atoms with Crippen molar-refractivity contribution in [2.24, 2.45) is 0 Å². The molecule has 0 aromatic heterocycles. The van der Waals surface area contributed by atoms with Crippen LogP contribution in [0.15, 0.2) is 12.3 Å². The maximum Gasteiger partial charge on any atom is 0.335 e. The van der Waals surface area contributed by atoms with Crippen LogP contribution in [-0.4, -0.2) is 70.0 Å². The lowest BCUT2D eigenvalue weighted by Crippen LogP contribution is -2.66. The van der Waals surface area contributed by atoms with E-state index in [1.165, 1.54) is 17.2 Å². The fourth-order valence-electron chi connectivity index (χ4n) is 5.14. The van der Waals surface area contributed by atoms with E-state index in [9.17, 15) is 14.7 Å². The molecule has 3 aliphatic rings. The summed E-state index contributed by atoms with van der Waals surface area (Å²) in [6.45, 7) is 17.3. The van der Waals surface area contributed by atoms with E-state index in [4.69, 9.17) is 17.7 Å². The van der Waals surface area contributed by atoms with Gasteiger partial charge in [0, 0.05) is 6.20 Å². The second-order valence-corrected chi connectivity index (χ2v) is 19.2. The zero-order valence-electron chi connectivity index (χ0n) is 20.5. The summed E-state index contributed by atoms with van der Waals surface area (Å²) in [7, 11) is -5.61. The highest BCUT2D eigenvalue weighted by Crippen LogP contribution is 2.47. The highest BCUT2D eigenvalue weighted by atomic mass is 28.5. The van der Waals surface area contributed by atoms with Crippen molar-refractivity contribution in [3.05, 3.63) is 12.3 Å². The molecule has 0 aromatic carbocycles. The number of ketones is 1. The van der Waals surface area contributed by atoms with Crippen LogP contribution in [0.5, 0.6) is 0 Å². The van der Waals surface area contributed by atoms with Crippen molar-refractivity contribution >= 4 is 28.8 Å². The van der Waals surface area contributed by atoms with Crippen LogP contribution < -0.4 is 0 Å². The molecule has 4 atom stereocenters. The molecule has 0 unspecified atom stereocenters. The first-order valence-electron chi connectivity index (χ1n) is 11.7. The van der Waals surface area contributed by atoms with Crippen LogP contribution in [-0.2, 0) is 27.3 Å². The lowest BCUT2D eigenvalue weighted by molar-refractivity contribution is -0.148. The van der Waals surface area contributed by atoms with Gasteiger partial charge in [0.05, 0.1) is 13.0 Å². The Morgan fingerprint density at radius 1 is 0.969 bits per heavy atom. The van der Waals surface area contributed by atoms with Crippen LogP contribution in [0.2, 0.25) is 22.2 Å². The van der Waals surface area contributed by atoms with E-state index in [1.54, 1.807) is 0 Å². The summed E-state index contributed by atoms with van der Waals surface area (Å²) in [5.41, 5.74) is 0.641. The second-order valence-electron chi connectivity index (χ2n) is 10.4. The summed E-state index contributed by atoms with van der Waals surface area (Å²) < 4.78 is 26.8. The van der Waals surface area contributed by atoms with Crippen molar-refractivity contribution in [3.63, 3.8) is 0 Å². The number of amides is 1. The Kier molecular flexibility index (Phi) is 7.56. The maximum atomic E-state index is 12.5. The minimum absolute atomic E-state index is 0.120. The molecule has 0 saturated carbocycles. The van der Waals surface area contributed by atoms with E-state index in [2.05, 4.69) is 55.4 Å². The maximum absolute atomic E-state index is 12.5. The topological polar surface area (TPSA) is 94.5 Å². The predicted octanol–water partition coefficient (Wildman–Crippen LogP) is 3.34. The summed E-state index contributed by atoms with van der Waals surface area (Å²) >= 11 is 0. The minimum atomic E-state index is -2.89. The number of hydrogen-bond donors (Lipinski definition) is 1. The molecule has 10 heteroatoms. The number of rotatable bonds is 5. The van der Waals surface area contributed by atoms with Crippen LogP contribution in [0.25, 0.3) is 0 Å². The molecule has 1 N–H and O–H groups in total. The molecule has 0 bridgehead atoms. The van der Waals surface area contributed by atoms with Gasteiger partial charge < -0.3 is 22.8 Å². The summed E-state index contributed by atoms with van der Waals surface area (Å²) in [4.78, 5) is 25.4. The minimum Gasteiger partial charge on any atom is -0.414 e. The van der Waals surface area contributed by atoms with E-state index in [-0.39, 0.29) is 41.0 Å². The average molecular weight is 486 g/mol. The summed E-state index contributed by atoms with van der Waals surface area (Å²) in [5.74, 6) is -0.647. The van der Waals surface area contributed by atoms with Gasteiger partial charge in [-0.05, 0) is 28.2 Å². The molecule has 0 aromatic rings. The molecular weight excluding hydrogens is 446 g/mol. The van der Waals surface area contributed by atoms with Gasteiger partial charge in [-0.25, -0.2) is 0 Å². The highest BCUT2D eigenvalue weighted by Gasteiger charge is 2.62. The monoisotopic (exact) mass is 485 g/mol. The standard InChI is InChI=1S/C22H39NO7Si2/c1-13(2)31(14(3)4)27-12-18-21(29-32(30-31,15(5)6)16(7)8)20(26)22(28-18)23-10-9-17(24)11-19(23)25/h9-10,13-16,18,20-22,26H,11-12H2,1-8H3/t18-,20-,21-,22-/m1/s1. The molecule has 8 nitrogen and oxygen atoms in total. The number of fused-ring (bicyclic) bond motifs is 1. The summed E-state index contributed by atoms with van der Waals surface area (Å²) in [6, 6.07) is 0. The Balaban J connectivity index is 2.02. The fourth-order valence-corrected chi connectivity index (χ4v) is 16.4. The number of hydrogen-bond acceptors (Lipinski definition) is 7. The van der Waals surface area contributed by atoms with E-state index >= 15 is 0 Å². The SMILES string of the molecule is CC(C)[Si]1(C(C)C)OC[C@H]2O[C@@H](N3C=CC(=O)CC3=O)[C@H](O)[C@@H]2O[Si](C(C)C)(C(C)C)O1. The lowest BCUT2D eigenvalue weighted by Gasteiger charge is -2.51. The zero-order chi connectivity index (χ0) is 24.0. The van der Waals surface area contributed by atoms with Crippen molar-refractivity contribution in [1.82, 2.24) is 4.90 Å². The first kappa shape index (κ1) is 25.7. The molecule has 2 saturated heterocycles. The normalized spacial score (nSPS) is 32.7. The third kappa shape index (κ3) is 4.30. The van der Waals surface area contributed by atoms with Crippen molar-refractivity contribution in [2.75, 3.05) is 6.61 Å². The predicted molar refractivity (Wildman–Crippen MR) is 124 cm³/mol. The Morgan fingerprint density at radius 3 is 2.03 bits per heavy atom. The lowest BCUT2D eigenvalue weighted by atomic mass is 10.1. The Hall–Kier alpha value is -0.886. The van der Waals surface area contributed by atoms with E-state index in [0.717, 1.165) is 0 Å². The van der Waals surface area contributed by atoms with Gasteiger partial charge in [-0.2, -0.15) is 0 Å². The van der Waals surface area contributed by atoms with Crippen LogP contribution in [0, 0.1) is 0 Å². The van der Waals surface area contributed by atoms with Gasteiger partial charge in [-0.15, -0.1) is 0 Å². The molecule has 3 heterocycles. The van der Waals surface area contributed by atoms with Gasteiger partial charge >= 0.3 is 17.1 Å². The first-order chi connectivity index (χ1) is 14.9. The molecule has 32 heavy (non-hydrogen) atoms. The molecule has 182 valence electrons. The fraction of sp³-hybridized carbons (Fsp3) is 0.818. The van der Waals surface area contributed by atoms with Crippen molar-refractivity contribution in [3.8, 4) is 0 Å². The highest BCUT2D eigenvalue weighted by molar-refractivity contribution is 6.84. The number of aliphatic hydroxyl groups is 1. The van der Waals surface area contributed by atoms with Gasteiger partial charge in [-0.3, -0.25) is 14.5 Å². The number of carbonyl (C=O) groups is 2. The van der Waals surface area contributed by atoms with Gasteiger partial charge in [0.15, 0.2) is 12.0 Å². The second kappa shape index (κ2) is 9.40. The van der Waals surface area contributed by atoms with Crippen LogP contribution in [0.1, 0.15) is 61.8 Å². The molecule has 2 fully saturated rings. The van der Waals surface area contributed by atoms with Crippen molar-refractivity contribution in [1.29, 1.82) is 0 Å². The Bertz CT molecular complexity index is 739. The first-order valence-corrected chi connectivity index (χ1v) is 15.7. The molecule has 3 rings (SSSR count). The van der Waals surface area contributed by atoms with E-state index < -0.39 is 47.6 Å². The third-order valence-corrected chi connectivity index (χ3v) is 17.2. The molecule has 3 aliphatic heterocycles. The zero-order valence-corrected chi connectivity index (χ0v) is 22.5. The number of ether oxygens (including phenoxy) is 1. The average Bonchev–Trinajstić information content (AvgIpc) is 2.96.